The average molecular weight is 807 g/mol. The van der Waals surface area contributed by atoms with E-state index in [4.69, 9.17) is 32.4 Å². The van der Waals surface area contributed by atoms with Gasteiger partial charge < -0.3 is 58.9 Å². The molecule has 0 saturated heterocycles. The number of benzene rings is 2. The van der Waals surface area contributed by atoms with Crippen molar-refractivity contribution < 1.29 is 33.4 Å². The van der Waals surface area contributed by atoms with Crippen molar-refractivity contribution in [1.29, 1.82) is 0 Å². The van der Waals surface area contributed by atoms with Crippen molar-refractivity contribution in [2.45, 2.75) is 38.8 Å². The third-order valence-electron chi connectivity index (χ3n) is 8.63. The van der Waals surface area contributed by atoms with E-state index in [-0.39, 0.29) is 46.4 Å². The number of hydrogen-bond acceptors (Lipinski definition) is 16. The molecule has 6 rings (SSSR count). The Kier molecular flexibility index (Phi) is 13.3. The summed E-state index contributed by atoms with van der Waals surface area (Å²) >= 11 is 0. The lowest BCUT2D eigenvalue weighted by atomic mass is 10.2. The normalized spacial score (nSPS) is 11.7. The summed E-state index contributed by atoms with van der Waals surface area (Å²) in [5, 5.41) is 25.2. The number of primary amides is 4. The number of aromatic nitrogens is 6. The molecule has 0 unspecified atom stereocenters. The summed E-state index contributed by atoms with van der Waals surface area (Å²) in [5.74, 6) is -2.48. The monoisotopic (exact) mass is 806 g/mol. The molecule has 21 heteroatoms. The average Bonchev–Trinajstić information content (AvgIpc) is 3.21. The molecular formula is C38H42N14O7. The van der Waals surface area contributed by atoms with Crippen LogP contribution in [0.25, 0.3) is 21.8 Å². The minimum atomic E-state index is -0.805. The summed E-state index contributed by atoms with van der Waals surface area (Å²) in [6.07, 6.45) is 3.94. The van der Waals surface area contributed by atoms with Crippen molar-refractivity contribution in [3.05, 3.63) is 89.4 Å². The number of carbonyl (C=O) groups excluding carboxylic acids is 4. The van der Waals surface area contributed by atoms with Gasteiger partial charge >= 0.3 is 0 Å². The molecular weight excluding hydrogens is 765 g/mol. The first-order valence-corrected chi connectivity index (χ1v) is 17.9. The zero-order chi connectivity index (χ0) is 42.8. The molecule has 2 aromatic carbocycles. The van der Waals surface area contributed by atoms with Gasteiger partial charge in [0.2, 0.25) is 41.0 Å². The lowest BCUT2D eigenvalue weighted by molar-refractivity contribution is -0.577. The number of nitrogens with zero attached hydrogens (tertiary/aromatic N) is 6. The van der Waals surface area contributed by atoms with Crippen molar-refractivity contribution in [2.75, 3.05) is 35.5 Å². The Balaban J connectivity index is 0.000000224. The standard InChI is InChI=1S/C19H21N7O4.C19H21N7O3/c1-3-12(15(20)27)23-19-24-17(14(16(21)28)18(25-19)30-2)22-11-6-7-13-10(9-11)5-4-8-26(13)29;1-3-12(15(20)27)24-19-25-17(14(16(21)28)18(26-19)29-2)23-11-6-7-13-10(9-11)5-4-8-22-13/h4-9,12H,3H2,1-2H3,(H2,20,27)(H2,21,28)(H2,22,23,24,25);4-9,12H,3H2,1-2H3,(H2,20,27)(H2,21,28)(H2,23,24,25,26)/t2*12-/m11/s1. The summed E-state index contributed by atoms with van der Waals surface area (Å²) in [4.78, 5) is 68.2. The lowest BCUT2D eigenvalue weighted by Gasteiger charge is -2.17. The van der Waals surface area contributed by atoms with Gasteiger partial charge in [-0.15, -0.1) is 0 Å². The van der Waals surface area contributed by atoms with Crippen LogP contribution in [0.4, 0.5) is 34.9 Å². The predicted molar refractivity (Wildman–Crippen MR) is 219 cm³/mol. The van der Waals surface area contributed by atoms with Gasteiger partial charge in [-0.05, 0) is 55.3 Å². The molecule has 6 aromatic rings. The smallest absolute Gasteiger partial charge is 0.258 e. The predicted octanol–water partition coefficient (Wildman–Crippen LogP) is 2.34. The molecule has 0 radical (unpaired) electrons. The highest BCUT2D eigenvalue weighted by atomic mass is 16.5. The van der Waals surface area contributed by atoms with Crippen molar-refractivity contribution in [1.82, 2.24) is 24.9 Å². The zero-order valence-corrected chi connectivity index (χ0v) is 32.3. The second-order valence-corrected chi connectivity index (χ2v) is 12.6. The van der Waals surface area contributed by atoms with Crippen molar-refractivity contribution >= 4 is 80.3 Å². The van der Waals surface area contributed by atoms with E-state index in [1.165, 1.54) is 20.4 Å². The van der Waals surface area contributed by atoms with Crippen molar-refractivity contribution in [3.63, 3.8) is 0 Å². The van der Waals surface area contributed by atoms with Gasteiger partial charge in [-0.1, -0.05) is 19.9 Å². The molecule has 21 nitrogen and oxygen atoms in total. The highest BCUT2D eigenvalue weighted by Gasteiger charge is 2.24. The number of pyridine rings is 2. The van der Waals surface area contributed by atoms with Crippen LogP contribution < -0.4 is 58.4 Å². The highest BCUT2D eigenvalue weighted by Crippen LogP contribution is 2.30. The quantitative estimate of drug-likeness (QED) is 0.0514. The van der Waals surface area contributed by atoms with E-state index in [1.807, 2.05) is 24.3 Å². The zero-order valence-electron chi connectivity index (χ0n) is 32.3. The van der Waals surface area contributed by atoms with E-state index in [0.717, 1.165) is 15.6 Å². The number of carbonyl (C=O) groups is 4. The second kappa shape index (κ2) is 18.7. The summed E-state index contributed by atoms with van der Waals surface area (Å²) in [5.41, 5.74) is 24.2. The maximum absolute atomic E-state index is 12.0. The minimum Gasteiger partial charge on any atom is -0.618 e. The molecule has 0 fully saturated rings. The summed E-state index contributed by atoms with van der Waals surface area (Å²) < 4.78 is 11.2. The third-order valence-corrected chi connectivity index (χ3v) is 8.63. The van der Waals surface area contributed by atoms with Crippen LogP contribution in [0.15, 0.2) is 73.1 Å². The molecule has 4 aromatic heterocycles. The number of rotatable bonds is 16. The number of amides is 4. The van der Waals surface area contributed by atoms with Gasteiger partial charge in [0, 0.05) is 40.5 Å². The number of anilines is 6. The third kappa shape index (κ3) is 10.0. The number of methoxy groups -OCH3 is 2. The Morgan fingerprint density at radius 1 is 0.695 bits per heavy atom. The van der Waals surface area contributed by atoms with Crippen LogP contribution in [0.5, 0.6) is 11.8 Å². The molecule has 59 heavy (non-hydrogen) atoms. The van der Waals surface area contributed by atoms with Gasteiger partial charge in [-0.25, -0.2) is 0 Å². The molecule has 12 N–H and O–H groups in total. The van der Waals surface area contributed by atoms with Gasteiger partial charge in [0.25, 0.3) is 11.8 Å². The Morgan fingerprint density at radius 3 is 1.66 bits per heavy atom. The Bertz CT molecular complexity index is 2540. The number of nitrogens with one attached hydrogen (secondary N) is 4. The topological polar surface area (TPSA) is 330 Å². The fourth-order valence-electron chi connectivity index (χ4n) is 5.69. The first-order chi connectivity index (χ1) is 28.3. The van der Waals surface area contributed by atoms with Crippen LogP contribution in [-0.2, 0) is 9.59 Å². The summed E-state index contributed by atoms with van der Waals surface area (Å²) in [6, 6.07) is 16.2. The second-order valence-electron chi connectivity index (χ2n) is 12.6. The number of nitrogens with two attached hydrogens (primary N) is 4. The Labute approximate surface area is 336 Å². The molecule has 306 valence electrons. The van der Waals surface area contributed by atoms with E-state index in [1.54, 1.807) is 56.4 Å². The molecule has 0 aliphatic rings. The number of ether oxygens (including phenoxy) is 2. The van der Waals surface area contributed by atoms with Crippen LogP contribution in [0, 0.1) is 5.21 Å². The molecule has 2 atom stereocenters. The lowest BCUT2D eigenvalue weighted by Crippen LogP contribution is -2.35. The maximum Gasteiger partial charge on any atom is 0.258 e. The van der Waals surface area contributed by atoms with Crippen LogP contribution in [0.1, 0.15) is 47.4 Å². The summed E-state index contributed by atoms with van der Waals surface area (Å²) in [7, 11) is 2.69. The van der Waals surface area contributed by atoms with Gasteiger partial charge in [0.05, 0.1) is 19.7 Å². The number of hydrogen-bond donors (Lipinski definition) is 8. The first-order valence-electron chi connectivity index (χ1n) is 17.9. The van der Waals surface area contributed by atoms with E-state index in [0.29, 0.717) is 35.1 Å². The Morgan fingerprint density at radius 2 is 1.19 bits per heavy atom. The van der Waals surface area contributed by atoms with Crippen LogP contribution >= 0.6 is 0 Å². The van der Waals surface area contributed by atoms with Crippen LogP contribution in [-0.4, -0.2) is 74.9 Å². The van der Waals surface area contributed by atoms with E-state index >= 15 is 0 Å². The maximum atomic E-state index is 12.0. The molecule has 0 aliphatic heterocycles. The van der Waals surface area contributed by atoms with Gasteiger partial charge in [0.15, 0.2) is 17.8 Å². The largest absolute Gasteiger partial charge is 0.618 e. The molecule has 4 heterocycles. The van der Waals surface area contributed by atoms with E-state index in [9.17, 15) is 24.4 Å². The highest BCUT2D eigenvalue weighted by molar-refractivity contribution is 6.02. The Hall–Kier alpha value is -8.10. The van der Waals surface area contributed by atoms with Crippen molar-refractivity contribution in [3.8, 4) is 11.8 Å². The SMILES string of the molecule is CC[C@@H](Nc1nc(Nc2ccc3c(ccc[n+]3[O-])c2)c(C(N)=O)c(OC)n1)C(N)=O.CC[C@@H](Nc1nc(Nc2ccc3ncccc3c2)c(C(N)=O)c(OC)n1)C(N)=O. The fraction of sp³-hybridized carbons (Fsp3) is 0.211. The minimum absolute atomic E-state index is 0.0172. The molecule has 0 spiro atoms. The molecule has 4 amide bonds. The first kappa shape index (κ1) is 42.1. The molecule has 0 saturated carbocycles. The van der Waals surface area contributed by atoms with E-state index in [2.05, 4.69) is 46.2 Å². The van der Waals surface area contributed by atoms with Crippen LogP contribution in [0.2, 0.25) is 0 Å². The summed E-state index contributed by atoms with van der Waals surface area (Å²) in [6.45, 7) is 3.56. The van der Waals surface area contributed by atoms with Crippen LogP contribution in [0.3, 0.4) is 0 Å². The molecule has 0 aliphatic carbocycles. The molecule has 0 bridgehead atoms. The number of fused-ring (bicyclic) bond motifs is 2. The van der Waals surface area contributed by atoms with Crippen molar-refractivity contribution in [2.24, 2.45) is 22.9 Å². The van der Waals surface area contributed by atoms with Gasteiger partial charge in [-0.2, -0.15) is 24.7 Å². The fourth-order valence-corrected chi connectivity index (χ4v) is 5.69. The van der Waals surface area contributed by atoms with Gasteiger partial charge in [0.1, 0.15) is 23.2 Å². The van der Waals surface area contributed by atoms with E-state index < -0.39 is 35.7 Å². The van der Waals surface area contributed by atoms with Gasteiger partial charge in [-0.3, -0.25) is 24.2 Å².